The minimum absolute atomic E-state index is 1.15. The quantitative estimate of drug-likeness (QED) is 0.222. The molecule has 2 aliphatic heterocycles. The fourth-order valence-corrected chi connectivity index (χ4v) is 3.46. The van der Waals surface area contributed by atoms with Crippen molar-refractivity contribution in [1.82, 2.24) is 0 Å². The van der Waals surface area contributed by atoms with Gasteiger partial charge in [-0.1, -0.05) is 6.58 Å². The van der Waals surface area contributed by atoms with Gasteiger partial charge in [-0.05, 0) is 6.42 Å². The summed E-state index contributed by atoms with van der Waals surface area (Å²) in [6.45, 7) is 2.35. The van der Waals surface area contributed by atoms with Crippen molar-refractivity contribution < 1.29 is 84.5 Å². The molecule has 4 unspecified atom stereocenters. The highest BCUT2D eigenvalue weighted by atomic mass is 19.4. The molecule has 19 heteroatoms. The molecule has 0 aliphatic carbocycles. The van der Waals surface area contributed by atoms with Gasteiger partial charge in [0.2, 0.25) is 0 Å². The SMILES string of the molecule is C=C(C(=O)OC1CC2OC1CC2C(F)(F)C(F)(F)C(F)(F)C(F)(F)C(F)(F)C(F)(F)F)C(F)(F)F. The average molecular weight is 554 g/mol. The summed E-state index contributed by atoms with van der Waals surface area (Å²) >= 11 is 0. The molecule has 0 aromatic heterocycles. The zero-order valence-electron chi connectivity index (χ0n) is 16.2. The molecule has 0 amide bonds. The average Bonchev–Trinajstić information content (AvgIpc) is 3.25. The van der Waals surface area contributed by atoms with Crippen molar-refractivity contribution in [3.8, 4) is 0 Å². The fourth-order valence-electron chi connectivity index (χ4n) is 3.46. The van der Waals surface area contributed by atoms with Gasteiger partial charge >= 0.3 is 47.9 Å². The number of carbonyl (C=O) groups is 1. The second kappa shape index (κ2) is 8.03. The Bertz CT molecular complexity index is 858. The first-order valence-corrected chi connectivity index (χ1v) is 8.83. The number of ether oxygens (including phenoxy) is 2. The maximum absolute atomic E-state index is 14.3. The molecule has 0 spiro atoms. The first kappa shape index (κ1) is 29.3. The van der Waals surface area contributed by atoms with Crippen LogP contribution in [0, 0.1) is 5.92 Å². The zero-order chi connectivity index (χ0) is 27.8. The van der Waals surface area contributed by atoms with E-state index in [2.05, 4.69) is 16.1 Å². The van der Waals surface area contributed by atoms with Gasteiger partial charge < -0.3 is 9.47 Å². The number of alkyl halides is 16. The minimum Gasteiger partial charge on any atom is -0.456 e. The number of esters is 1. The lowest BCUT2D eigenvalue weighted by Crippen LogP contribution is -2.71. The molecule has 0 radical (unpaired) electrons. The monoisotopic (exact) mass is 554 g/mol. The van der Waals surface area contributed by atoms with Crippen LogP contribution in [0.3, 0.4) is 0 Å². The lowest BCUT2D eigenvalue weighted by atomic mass is 9.78. The molecular weight excluding hydrogens is 544 g/mol. The molecule has 35 heavy (non-hydrogen) atoms. The summed E-state index contributed by atoms with van der Waals surface area (Å²) < 4.78 is 219. The molecule has 2 bridgehead atoms. The van der Waals surface area contributed by atoms with Gasteiger partial charge in [-0.15, -0.1) is 0 Å². The van der Waals surface area contributed by atoms with Crippen molar-refractivity contribution in [3.63, 3.8) is 0 Å². The number of fused-ring (bicyclic) bond motifs is 2. The molecule has 0 saturated carbocycles. The standard InChI is InChI=1S/C16H10F16O3/c1-4(11(19,20)21)9(33)35-8-3-6-5(2-7(8)34-6)10(17,18)12(22,23)13(24,25)14(26,27)15(28,29)16(30,31)32/h5-8H,1-3H2. The van der Waals surface area contributed by atoms with E-state index in [1.807, 2.05) is 0 Å². The highest BCUT2D eigenvalue weighted by Gasteiger charge is 2.91. The molecule has 204 valence electrons. The Morgan fingerprint density at radius 1 is 0.686 bits per heavy atom. The van der Waals surface area contributed by atoms with Gasteiger partial charge in [-0.3, -0.25) is 0 Å². The van der Waals surface area contributed by atoms with Crippen LogP contribution in [0.5, 0.6) is 0 Å². The lowest BCUT2D eigenvalue weighted by Gasteiger charge is -2.42. The Hall–Kier alpha value is -1.95. The molecule has 2 aliphatic rings. The summed E-state index contributed by atoms with van der Waals surface area (Å²) in [6, 6.07) is 0. The highest BCUT2D eigenvalue weighted by molar-refractivity contribution is 5.89. The molecule has 4 atom stereocenters. The van der Waals surface area contributed by atoms with E-state index in [1.165, 1.54) is 0 Å². The van der Waals surface area contributed by atoms with Gasteiger partial charge in [-0.2, -0.15) is 70.2 Å². The molecular formula is C16H10F16O3. The van der Waals surface area contributed by atoms with Crippen LogP contribution in [0.25, 0.3) is 0 Å². The topological polar surface area (TPSA) is 35.5 Å². The van der Waals surface area contributed by atoms with Gasteiger partial charge in [0.15, 0.2) is 0 Å². The third-order valence-corrected chi connectivity index (χ3v) is 5.43. The zero-order valence-corrected chi connectivity index (χ0v) is 16.2. The molecule has 0 aromatic carbocycles. The molecule has 2 saturated heterocycles. The van der Waals surface area contributed by atoms with E-state index in [-0.39, 0.29) is 0 Å². The van der Waals surface area contributed by atoms with Crippen molar-refractivity contribution in [3.05, 3.63) is 12.2 Å². The van der Waals surface area contributed by atoms with Crippen LogP contribution < -0.4 is 0 Å². The number of halogens is 16. The van der Waals surface area contributed by atoms with Crippen LogP contribution in [-0.2, 0) is 14.3 Å². The van der Waals surface area contributed by atoms with Crippen molar-refractivity contribution >= 4 is 5.97 Å². The van der Waals surface area contributed by atoms with Crippen molar-refractivity contribution in [2.45, 2.75) is 73.1 Å². The molecule has 2 rings (SSSR count). The van der Waals surface area contributed by atoms with E-state index in [1.54, 1.807) is 0 Å². The Morgan fingerprint density at radius 2 is 1.14 bits per heavy atom. The highest BCUT2D eigenvalue weighted by Crippen LogP contribution is 2.63. The van der Waals surface area contributed by atoms with Crippen LogP contribution in [0.4, 0.5) is 70.2 Å². The van der Waals surface area contributed by atoms with Crippen LogP contribution in [0.1, 0.15) is 12.8 Å². The summed E-state index contributed by atoms with van der Waals surface area (Å²) in [6.07, 6.45) is -21.7. The van der Waals surface area contributed by atoms with Crippen LogP contribution in [-0.4, -0.2) is 66.2 Å². The third-order valence-electron chi connectivity index (χ3n) is 5.43. The molecule has 3 nitrogen and oxygen atoms in total. The van der Waals surface area contributed by atoms with Crippen molar-refractivity contribution in [2.24, 2.45) is 5.92 Å². The predicted octanol–water partition coefficient (Wildman–Crippen LogP) is 5.93. The van der Waals surface area contributed by atoms with Gasteiger partial charge in [0, 0.05) is 6.42 Å². The van der Waals surface area contributed by atoms with E-state index in [9.17, 15) is 75.0 Å². The summed E-state index contributed by atoms with van der Waals surface area (Å²) in [5.41, 5.74) is -2.08. The summed E-state index contributed by atoms with van der Waals surface area (Å²) in [4.78, 5) is 11.4. The van der Waals surface area contributed by atoms with E-state index in [0.717, 1.165) is 0 Å². The molecule has 0 N–H and O–H groups in total. The Kier molecular flexibility index (Phi) is 6.71. The first-order chi connectivity index (χ1) is 15.2. The molecule has 2 fully saturated rings. The van der Waals surface area contributed by atoms with Crippen molar-refractivity contribution in [1.29, 1.82) is 0 Å². The number of hydrogen-bond acceptors (Lipinski definition) is 3. The van der Waals surface area contributed by atoms with Crippen LogP contribution in [0.15, 0.2) is 12.2 Å². The van der Waals surface area contributed by atoms with E-state index in [4.69, 9.17) is 0 Å². The second-order valence-electron chi connectivity index (χ2n) is 7.63. The minimum atomic E-state index is -8.06. The largest absolute Gasteiger partial charge is 0.460 e. The maximum Gasteiger partial charge on any atom is 0.460 e. The fraction of sp³-hybridized carbons (Fsp3) is 0.812. The molecule has 0 aromatic rings. The van der Waals surface area contributed by atoms with Gasteiger partial charge in [0.05, 0.1) is 18.1 Å². The Labute approximate surface area is 183 Å². The van der Waals surface area contributed by atoms with Crippen molar-refractivity contribution in [2.75, 3.05) is 0 Å². The summed E-state index contributed by atoms with van der Waals surface area (Å²) in [7, 11) is 0. The van der Waals surface area contributed by atoms with E-state index < -0.39 is 90.6 Å². The number of rotatable bonds is 7. The maximum atomic E-state index is 14.3. The Morgan fingerprint density at radius 3 is 1.51 bits per heavy atom. The number of carbonyl (C=O) groups excluding carboxylic acids is 1. The first-order valence-electron chi connectivity index (χ1n) is 8.83. The van der Waals surface area contributed by atoms with Gasteiger partial charge in [0.1, 0.15) is 11.7 Å². The van der Waals surface area contributed by atoms with Crippen LogP contribution >= 0.6 is 0 Å². The van der Waals surface area contributed by atoms with Crippen LogP contribution in [0.2, 0.25) is 0 Å². The number of hydrogen-bond donors (Lipinski definition) is 0. The third kappa shape index (κ3) is 4.20. The lowest BCUT2D eigenvalue weighted by molar-refractivity contribution is -0.443. The predicted molar refractivity (Wildman–Crippen MR) is 77.2 cm³/mol. The van der Waals surface area contributed by atoms with Gasteiger partial charge in [-0.25, -0.2) is 4.79 Å². The second-order valence-corrected chi connectivity index (χ2v) is 7.63. The normalized spacial score (nSPS) is 26.7. The van der Waals surface area contributed by atoms with Gasteiger partial charge in [0.25, 0.3) is 0 Å². The van der Waals surface area contributed by atoms with E-state index >= 15 is 0 Å². The smallest absolute Gasteiger partial charge is 0.456 e. The summed E-state index contributed by atoms with van der Waals surface area (Å²) in [5, 5.41) is 0. The molecule has 2 heterocycles. The Balaban J connectivity index is 2.28. The van der Waals surface area contributed by atoms with E-state index in [0.29, 0.717) is 0 Å². The summed E-state index contributed by atoms with van der Waals surface area (Å²) in [5.74, 6) is -43.2.